The fourth-order valence-electron chi connectivity index (χ4n) is 2.99. The summed E-state index contributed by atoms with van der Waals surface area (Å²) in [7, 11) is 0. The van der Waals surface area contributed by atoms with Crippen molar-refractivity contribution < 1.29 is 0 Å². The number of aromatic nitrogens is 2. The lowest BCUT2D eigenvalue weighted by molar-refractivity contribution is 0.845. The van der Waals surface area contributed by atoms with Gasteiger partial charge in [0.05, 0.1) is 6.04 Å². The zero-order valence-corrected chi connectivity index (χ0v) is 13.9. The molecule has 0 bridgehead atoms. The molecular weight excluding hydrogens is 302 g/mol. The molecule has 2 aromatic carbocycles. The van der Waals surface area contributed by atoms with Gasteiger partial charge >= 0.3 is 0 Å². The summed E-state index contributed by atoms with van der Waals surface area (Å²) in [6.07, 6.45) is 0. The Hall–Kier alpha value is -2.33. The summed E-state index contributed by atoms with van der Waals surface area (Å²) >= 11 is 1.82. The van der Waals surface area contributed by atoms with Crippen LogP contribution in [0.15, 0.2) is 64.4 Å². The molecule has 0 radical (unpaired) electrons. The highest BCUT2D eigenvalue weighted by atomic mass is 32.2. The van der Waals surface area contributed by atoms with E-state index in [9.17, 15) is 0 Å². The van der Waals surface area contributed by atoms with Crippen molar-refractivity contribution >= 4 is 17.7 Å². The van der Waals surface area contributed by atoms with Gasteiger partial charge in [-0.05, 0) is 43.2 Å². The van der Waals surface area contributed by atoms with Gasteiger partial charge in [0.15, 0.2) is 0 Å². The zero-order valence-electron chi connectivity index (χ0n) is 13.1. The van der Waals surface area contributed by atoms with E-state index in [-0.39, 0.29) is 6.04 Å². The van der Waals surface area contributed by atoms with Gasteiger partial charge < -0.3 is 5.32 Å². The van der Waals surface area contributed by atoms with Gasteiger partial charge in [-0.1, -0.05) is 48.2 Å². The Morgan fingerprint density at radius 2 is 1.35 bits per heavy atom. The number of nitrogens with one attached hydrogen (secondary N) is 1. The zero-order chi connectivity index (χ0) is 15.8. The molecule has 23 heavy (non-hydrogen) atoms. The van der Waals surface area contributed by atoms with Crippen LogP contribution in [-0.2, 0) is 0 Å². The highest BCUT2D eigenvalue weighted by Gasteiger charge is 2.26. The van der Waals surface area contributed by atoms with Crippen LogP contribution in [0.1, 0.15) is 28.6 Å². The van der Waals surface area contributed by atoms with E-state index in [1.54, 1.807) is 0 Å². The molecule has 1 aliphatic rings. The van der Waals surface area contributed by atoms with Gasteiger partial charge in [0.1, 0.15) is 0 Å². The molecule has 1 aromatic heterocycles. The molecule has 1 aliphatic heterocycles. The summed E-state index contributed by atoms with van der Waals surface area (Å²) in [4.78, 5) is 11.7. The second-order valence-corrected chi connectivity index (χ2v) is 6.81. The molecule has 1 N–H and O–H groups in total. The van der Waals surface area contributed by atoms with Crippen molar-refractivity contribution in [2.75, 3.05) is 5.32 Å². The van der Waals surface area contributed by atoms with Gasteiger partial charge in [0, 0.05) is 21.2 Å². The smallest absolute Gasteiger partial charge is 0.223 e. The molecule has 4 rings (SSSR count). The first-order valence-electron chi connectivity index (χ1n) is 7.65. The van der Waals surface area contributed by atoms with Crippen molar-refractivity contribution in [3.05, 3.63) is 77.1 Å². The monoisotopic (exact) mass is 319 g/mol. The number of benzene rings is 2. The normalized spacial score (nSPS) is 13.3. The van der Waals surface area contributed by atoms with Gasteiger partial charge in [-0.25, -0.2) is 9.97 Å². The Labute approximate surface area is 140 Å². The van der Waals surface area contributed by atoms with Crippen LogP contribution >= 0.6 is 11.8 Å². The third kappa shape index (κ3) is 2.70. The molecule has 114 valence electrons. The molecule has 0 saturated carbocycles. The quantitative estimate of drug-likeness (QED) is 0.739. The lowest BCUT2D eigenvalue weighted by Gasteiger charge is -2.28. The standard InChI is InChI=1S/C19H17N3S/c1-12-11-13(2)21-19(20-12)22-18-14-7-3-5-9-16(14)23-17-10-6-4-8-15(17)18/h3-11,18H,1-2H3,(H,20,21,22). The maximum Gasteiger partial charge on any atom is 0.223 e. The average molecular weight is 319 g/mol. The second kappa shape index (κ2) is 5.70. The molecule has 0 amide bonds. The summed E-state index contributed by atoms with van der Waals surface area (Å²) in [6.45, 7) is 4.00. The number of hydrogen-bond acceptors (Lipinski definition) is 4. The molecule has 3 aromatic rings. The van der Waals surface area contributed by atoms with E-state index in [1.165, 1.54) is 20.9 Å². The van der Waals surface area contributed by atoms with Crippen LogP contribution in [0, 0.1) is 13.8 Å². The van der Waals surface area contributed by atoms with Gasteiger partial charge in [-0.15, -0.1) is 0 Å². The fraction of sp³-hybridized carbons (Fsp3) is 0.158. The van der Waals surface area contributed by atoms with Crippen molar-refractivity contribution in [2.45, 2.75) is 29.7 Å². The molecule has 0 spiro atoms. The molecule has 4 heteroatoms. The molecule has 0 fully saturated rings. The van der Waals surface area contributed by atoms with E-state index in [0.29, 0.717) is 5.95 Å². The number of nitrogens with zero attached hydrogens (tertiary/aromatic N) is 2. The minimum Gasteiger partial charge on any atom is -0.343 e. The lowest BCUT2D eigenvalue weighted by Crippen LogP contribution is -2.18. The highest BCUT2D eigenvalue weighted by molar-refractivity contribution is 7.99. The van der Waals surface area contributed by atoms with E-state index in [0.717, 1.165) is 11.4 Å². The number of rotatable bonds is 2. The second-order valence-electron chi connectivity index (χ2n) is 5.73. The first-order valence-corrected chi connectivity index (χ1v) is 8.47. The van der Waals surface area contributed by atoms with Crippen molar-refractivity contribution in [3.63, 3.8) is 0 Å². The maximum atomic E-state index is 4.54. The summed E-state index contributed by atoms with van der Waals surface area (Å²) in [6, 6.07) is 19.1. The van der Waals surface area contributed by atoms with Gasteiger partial charge in [0.25, 0.3) is 0 Å². The third-order valence-electron chi connectivity index (χ3n) is 3.94. The predicted octanol–water partition coefficient (Wildman–Crippen LogP) is 4.76. The van der Waals surface area contributed by atoms with Crippen LogP contribution in [0.3, 0.4) is 0 Å². The van der Waals surface area contributed by atoms with Crippen LogP contribution < -0.4 is 5.32 Å². The number of hydrogen-bond donors (Lipinski definition) is 1. The Morgan fingerprint density at radius 1 is 0.826 bits per heavy atom. The molecule has 2 heterocycles. The number of anilines is 1. The van der Waals surface area contributed by atoms with Gasteiger partial charge in [0.2, 0.25) is 5.95 Å². The van der Waals surface area contributed by atoms with Crippen LogP contribution in [0.4, 0.5) is 5.95 Å². The maximum absolute atomic E-state index is 4.54. The number of aryl methyl sites for hydroxylation is 2. The number of fused-ring (bicyclic) bond motifs is 2. The molecule has 0 saturated heterocycles. The molecular formula is C19H17N3S. The lowest BCUT2D eigenvalue weighted by atomic mass is 9.98. The summed E-state index contributed by atoms with van der Waals surface area (Å²) in [5.41, 5.74) is 4.51. The Morgan fingerprint density at radius 3 is 1.91 bits per heavy atom. The molecule has 0 aliphatic carbocycles. The molecule has 3 nitrogen and oxygen atoms in total. The van der Waals surface area contributed by atoms with E-state index in [4.69, 9.17) is 0 Å². The summed E-state index contributed by atoms with van der Waals surface area (Å²) in [5, 5.41) is 3.54. The Bertz CT molecular complexity index is 810. The minimum absolute atomic E-state index is 0.0739. The summed E-state index contributed by atoms with van der Waals surface area (Å²) in [5.74, 6) is 0.684. The SMILES string of the molecule is Cc1cc(C)nc(NC2c3ccccc3Sc3ccccc32)n1. The van der Waals surface area contributed by atoms with Crippen molar-refractivity contribution in [1.82, 2.24) is 9.97 Å². The van der Waals surface area contributed by atoms with E-state index in [2.05, 4.69) is 63.8 Å². The minimum atomic E-state index is 0.0739. The van der Waals surface area contributed by atoms with Crippen molar-refractivity contribution in [3.8, 4) is 0 Å². The van der Waals surface area contributed by atoms with E-state index >= 15 is 0 Å². The molecule has 0 atom stereocenters. The third-order valence-corrected chi connectivity index (χ3v) is 5.12. The fourth-order valence-corrected chi connectivity index (χ4v) is 4.12. The van der Waals surface area contributed by atoms with Gasteiger partial charge in [-0.3, -0.25) is 0 Å². The van der Waals surface area contributed by atoms with Crippen LogP contribution in [0.5, 0.6) is 0 Å². The van der Waals surface area contributed by atoms with Gasteiger partial charge in [-0.2, -0.15) is 0 Å². The van der Waals surface area contributed by atoms with Crippen molar-refractivity contribution in [1.29, 1.82) is 0 Å². The van der Waals surface area contributed by atoms with Crippen LogP contribution in [0.25, 0.3) is 0 Å². The first kappa shape index (κ1) is 14.3. The van der Waals surface area contributed by atoms with Crippen LogP contribution in [-0.4, -0.2) is 9.97 Å². The topological polar surface area (TPSA) is 37.8 Å². The first-order chi connectivity index (χ1) is 11.2. The van der Waals surface area contributed by atoms with E-state index < -0.39 is 0 Å². The average Bonchev–Trinajstić information content (AvgIpc) is 2.54. The predicted molar refractivity (Wildman–Crippen MR) is 94.0 cm³/mol. The highest BCUT2D eigenvalue weighted by Crippen LogP contribution is 2.45. The largest absolute Gasteiger partial charge is 0.343 e. The Kier molecular flexibility index (Phi) is 3.54. The van der Waals surface area contributed by atoms with E-state index in [1.807, 2.05) is 31.7 Å². The summed E-state index contributed by atoms with van der Waals surface area (Å²) < 4.78 is 0. The molecule has 0 unspecified atom stereocenters. The van der Waals surface area contributed by atoms with Crippen LogP contribution in [0.2, 0.25) is 0 Å². The Balaban J connectivity index is 1.81. The van der Waals surface area contributed by atoms with Crippen molar-refractivity contribution in [2.24, 2.45) is 0 Å².